The van der Waals surface area contributed by atoms with Crippen LogP contribution >= 0.6 is 0 Å². The van der Waals surface area contributed by atoms with Crippen LogP contribution < -0.4 is 0 Å². The molecular formula is C67H120O5. The van der Waals surface area contributed by atoms with Gasteiger partial charge in [-0.25, -0.2) is 0 Å². The Balaban J connectivity index is 4.29. The highest BCUT2D eigenvalue weighted by molar-refractivity contribution is 5.70. The van der Waals surface area contributed by atoms with Crippen molar-refractivity contribution in [1.82, 2.24) is 0 Å². The van der Waals surface area contributed by atoms with Gasteiger partial charge >= 0.3 is 11.9 Å². The summed E-state index contributed by atoms with van der Waals surface area (Å²) in [7, 11) is 0. The summed E-state index contributed by atoms with van der Waals surface area (Å²) in [6, 6.07) is 0. The van der Waals surface area contributed by atoms with Crippen LogP contribution in [-0.4, -0.2) is 37.9 Å². The van der Waals surface area contributed by atoms with Gasteiger partial charge in [-0.2, -0.15) is 0 Å². The lowest BCUT2D eigenvalue weighted by Gasteiger charge is -2.18. The molecule has 0 aliphatic heterocycles. The van der Waals surface area contributed by atoms with Crippen molar-refractivity contribution in [3.8, 4) is 0 Å². The van der Waals surface area contributed by atoms with Crippen molar-refractivity contribution in [2.45, 2.75) is 322 Å². The molecule has 1 atom stereocenters. The maximum Gasteiger partial charge on any atom is 0.306 e. The number of rotatable bonds is 58. The van der Waals surface area contributed by atoms with E-state index in [1.54, 1.807) is 0 Å². The van der Waals surface area contributed by atoms with E-state index < -0.39 is 6.10 Å². The third kappa shape index (κ3) is 59.9. The third-order valence-corrected chi connectivity index (χ3v) is 13.7. The van der Waals surface area contributed by atoms with Gasteiger partial charge in [-0.1, -0.05) is 286 Å². The summed E-state index contributed by atoms with van der Waals surface area (Å²) in [6.07, 6.45) is 82.2. The number of ether oxygens (including phenoxy) is 3. The molecule has 5 heteroatoms. The minimum Gasteiger partial charge on any atom is -0.462 e. The van der Waals surface area contributed by atoms with Crippen LogP contribution in [0, 0.1) is 0 Å². The molecule has 0 spiro atoms. The van der Waals surface area contributed by atoms with Crippen LogP contribution in [0.5, 0.6) is 0 Å². The third-order valence-electron chi connectivity index (χ3n) is 13.7. The second kappa shape index (κ2) is 62.6. The van der Waals surface area contributed by atoms with Crippen molar-refractivity contribution in [2.24, 2.45) is 0 Å². The van der Waals surface area contributed by atoms with Gasteiger partial charge in [0.25, 0.3) is 0 Å². The zero-order valence-corrected chi connectivity index (χ0v) is 48.2. The highest BCUT2D eigenvalue weighted by Crippen LogP contribution is 2.17. The fourth-order valence-corrected chi connectivity index (χ4v) is 9.06. The van der Waals surface area contributed by atoms with Crippen molar-refractivity contribution in [1.29, 1.82) is 0 Å². The van der Waals surface area contributed by atoms with Gasteiger partial charge in [0.1, 0.15) is 6.61 Å². The van der Waals surface area contributed by atoms with Crippen LogP contribution in [0.25, 0.3) is 0 Å². The summed E-state index contributed by atoms with van der Waals surface area (Å²) in [5.74, 6) is -0.399. The zero-order valence-electron chi connectivity index (χ0n) is 48.2. The molecule has 418 valence electrons. The molecule has 0 saturated heterocycles. The molecule has 0 heterocycles. The van der Waals surface area contributed by atoms with Crippen LogP contribution in [0.3, 0.4) is 0 Å². The SMILES string of the molecule is CC/C=C\C/C=C\C/C=C\CCCCCCCCCC(=O)OC(COCCCCCCCCC/C=C\C/C=C\C/C=C\CCCCC)COC(=O)CCCCCCCCCCCCCCCCCCCCC. The Kier molecular flexibility index (Phi) is 60.3. The Hall–Kier alpha value is -2.66. The predicted octanol–water partition coefficient (Wildman–Crippen LogP) is 21.8. The maximum absolute atomic E-state index is 12.9. The summed E-state index contributed by atoms with van der Waals surface area (Å²) in [5, 5.41) is 0. The predicted molar refractivity (Wildman–Crippen MR) is 316 cm³/mol. The van der Waals surface area contributed by atoms with Crippen LogP contribution in [0.15, 0.2) is 72.9 Å². The Morgan fingerprint density at radius 2 is 0.625 bits per heavy atom. The highest BCUT2D eigenvalue weighted by Gasteiger charge is 2.17. The van der Waals surface area contributed by atoms with Crippen LogP contribution in [0.1, 0.15) is 316 Å². The molecule has 0 aliphatic carbocycles. The van der Waals surface area contributed by atoms with Gasteiger partial charge in [0, 0.05) is 19.4 Å². The van der Waals surface area contributed by atoms with E-state index in [0.717, 1.165) is 83.5 Å². The average molecular weight is 1010 g/mol. The van der Waals surface area contributed by atoms with E-state index in [4.69, 9.17) is 14.2 Å². The zero-order chi connectivity index (χ0) is 52.0. The van der Waals surface area contributed by atoms with Crippen molar-refractivity contribution in [3.63, 3.8) is 0 Å². The van der Waals surface area contributed by atoms with E-state index in [1.165, 1.54) is 199 Å². The number of allylic oxidation sites excluding steroid dienone is 12. The molecule has 1 unspecified atom stereocenters. The van der Waals surface area contributed by atoms with E-state index in [1.807, 2.05) is 0 Å². The lowest BCUT2D eigenvalue weighted by Crippen LogP contribution is -2.30. The van der Waals surface area contributed by atoms with Crippen LogP contribution in [0.4, 0.5) is 0 Å². The molecule has 0 amide bonds. The van der Waals surface area contributed by atoms with E-state index in [-0.39, 0.29) is 25.2 Å². The van der Waals surface area contributed by atoms with Gasteiger partial charge in [0.2, 0.25) is 0 Å². The number of carbonyl (C=O) groups is 2. The van der Waals surface area contributed by atoms with Crippen molar-refractivity contribution < 1.29 is 23.8 Å². The number of hydrogen-bond acceptors (Lipinski definition) is 5. The van der Waals surface area contributed by atoms with Crippen molar-refractivity contribution in [2.75, 3.05) is 19.8 Å². The summed E-state index contributed by atoms with van der Waals surface area (Å²) in [5.41, 5.74) is 0. The Bertz CT molecular complexity index is 1270. The van der Waals surface area contributed by atoms with E-state index >= 15 is 0 Å². The molecule has 0 aromatic heterocycles. The van der Waals surface area contributed by atoms with Gasteiger partial charge in [0.15, 0.2) is 6.10 Å². The summed E-state index contributed by atoms with van der Waals surface area (Å²) >= 11 is 0. The van der Waals surface area contributed by atoms with E-state index in [9.17, 15) is 9.59 Å². The molecule has 0 aromatic rings. The molecule has 0 saturated carbocycles. The highest BCUT2D eigenvalue weighted by atomic mass is 16.6. The second-order valence-electron chi connectivity index (χ2n) is 20.9. The molecule has 0 aliphatic rings. The fourth-order valence-electron chi connectivity index (χ4n) is 9.06. The second-order valence-corrected chi connectivity index (χ2v) is 20.9. The molecule has 5 nitrogen and oxygen atoms in total. The summed E-state index contributed by atoms with van der Waals surface area (Å²) < 4.78 is 17.5. The maximum atomic E-state index is 12.9. The molecule has 0 bridgehead atoms. The molecule has 72 heavy (non-hydrogen) atoms. The summed E-state index contributed by atoms with van der Waals surface area (Å²) in [4.78, 5) is 25.6. The Labute approximate surface area is 448 Å². The Morgan fingerprint density at radius 3 is 1.03 bits per heavy atom. The lowest BCUT2D eigenvalue weighted by atomic mass is 10.0. The number of carbonyl (C=O) groups excluding carboxylic acids is 2. The summed E-state index contributed by atoms with van der Waals surface area (Å²) in [6.45, 7) is 7.71. The number of unbranched alkanes of at least 4 members (excludes halogenated alkanes) is 35. The first-order valence-corrected chi connectivity index (χ1v) is 31.5. The van der Waals surface area contributed by atoms with Gasteiger partial charge in [-0.3, -0.25) is 9.59 Å². The standard InChI is InChI=1S/C67H120O5/c1-4-7-10-13-16-19-22-25-28-31-33-35-38-41-44-47-50-53-56-59-62-70-63-65(72-67(69)61-58-55-52-49-46-43-40-36-30-27-24-21-18-15-12-9-6-3)64-71-66(68)60-57-54-51-48-45-42-39-37-34-32-29-26-23-20-17-14-11-8-5-2/h9,12,16,18-19,21,25,27-28,30,33,35,65H,4-8,10-11,13-15,17,20,22-24,26,29,31-32,34,36-64H2,1-3H3/b12-9-,19-16-,21-18-,28-25-,30-27-,35-33-. The first-order chi connectivity index (χ1) is 35.6. The monoisotopic (exact) mass is 1000 g/mol. The van der Waals surface area contributed by atoms with Gasteiger partial charge in [0.05, 0.1) is 6.61 Å². The Morgan fingerprint density at radius 1 is 0.319 bits per heavy atom. The van der Waals surface area contributed by atoms with Crippen LogP contribution in [0.2, 0.25) is 0 Å². The van der Waals surface area contributed by atoms with Gasteiger partial charge in [-0.05, 0) is 89.9 Å². The molecule has 0 aromatic carbocycles. The molecule has 0 fully saturated rings. The average Bonchev–Trinajstić information content (AvgIpc) is 3.38. The number of esters is 2. The minimum atomic E-state index is -0.549. The molecular weight excluding hydrogens is 885 g/mol. The smallest absolute Gasteiger partial charge is 0.306 e. The van der Waals surface area contributed by atoms with Crippen molar-refractivity contribution in [3.05, 3.63) is 72.9 Å². The molecule has 0 N–H and O–H groups in total. The fraction of sp³-hybridized carbons (Fsp3) is 0.791. The largest absolute Gasteiger partial charge is 0.462 e. The topological polar surface area (TPSA) is 61.8 Å². The van der Waals surface area contributed by atoms with Gasteiger partial charge in [-0.15, -0.1) is 0 Å². The van der Waals surface area contributed by atoms with Crippen LogP contribution in [-0.2, 0) is 23.8 Å². The van der Waals surface area contributed by atoms with E-state index in [2.05, 4.69) is 93.7 Å². The first-order valence-electron chi connectivity index (χ1n) is 31.5. The first kappa shape index (κ1) is 69.3. The molecule has 0 rings (SSSR count). The molecule has 0 radical (unpaired) electrons. The van der Waals surface area contributed by atoms with Crippen molar-refractivity contribution >= 4 is 11.9 Å². The quantitative estimate of drug-likeness (QED) is 0.0345. The number of hydrogen-bond donors (Lipinski definition) is 0. The normalized spacial score (nSPS) is 12.7. The minimum absolute atomic E-state index is 0.0783. The lowest BCUT2D eigenvalue weighted by molar-refractivity contribution is -0.163. The van der Waals surface area contributed by atoms with Gasteiger partial charge < -0.3 is 14.2 Å². The van der Waals surface area contributed by atoms with E-state index in [0.29, 0.717) is 19.4 Å².